The van der Waals surface area contributed by atoms with E-state index in [9.17, 15) is 19.1 Å². The minimum absolute atomic E-state index is 0.00494. The normalized spacial score (nSPS) is 19.6. The third-order valence-electron chi connectivity index (χ3n) is 4.97. The lowest BCUT2D eigenvalue weighted by Crippen LogP contribution is -2.52. The molecular weight excluding hydrogens is 373 g/mol. The molecule has 1 aromatic carbocycles. The number of hydrogen-bond acceptors (Lipinski definition) is 3. The quantitative estimate of drug-likeness (QED) is 0.762. The number of carbonyl (C=O) groups excluding carboxylic acids is 2. The van der Waals surface area contributed by atoms with Crippen LogP contribution in [0.5, 0.6) is 0 Å². The summed E-state index contributed by atoms with van der Waals surface area (Å²) in [5, 5.41) is 13.3. The molecule has 0 spiro atoms. The van der Waals surface area contributed by atoms with Crippen LogP contribution in [-0.2, 0) is 29.7 Å². The van der Waals surface area contributed by atoms with E-state index in [0.29, 0.717) is 12.1 Å². The molecular formula is C19H21ClFN3O3. The second kappa shape index (κ2) is 7.32. The standard InChI is InChI=1S/C19H21ClFN3O3/c1-12-3-4-16(23(12)2)11-24-6-5-19(27,18(24)26)17(25)22-10-13-7-14(20)9-15(21)8-13/h3-4,7-9,27H,5-6,10-11H2,1-2H3,(H,22,25). The molecule has 144 valence electrons. The van der Waals surface area contributed by atoms with Gasteiger partial charge in [0.15, 0.2) is 0 Å². The summed E-state index contributed by atoms with van der Waals surface area (Å²) in [6, 6.07) is 7.75. The highest BCUT2D eigenvalue weighted by Crippen LogP contribution is 2.25. The molecule has 1 aliphatic heterocycles. The van der Waals surface area contributed by atoms with E-state index in [1.807, 2.05) is 30.7 Å². The van der Waals surface area contributed by atoms with Crippen LogP contribution >= 0.6 is 11.6 Å². The summed E-state index contributed by atoms with van der Waals surface area (Å²) in [4.78, 5) is 26.6. The van der Waals surface area contributed by atoms with Gasteiger partial charge in [-0.15, -0.1) is 0 Å². The number of carbonyl (C=O) groups is 2. The van der Waals surface area contributed by atoms with Crippen molar-refractivity contribution < 1.29 is 19.1 Å². The number of rotatable bonds is 5. The number of halogens is 2. The van der Waals surface area contributed by atoms with E-state index < -0.39 is 23.2 Å². The molecule has 27 heavy (non-hydrogen) atoms. The van der Waals surface area contributed by atoms with Crippen LogP contribution in [0.25, 0.3) is 0 Å². The maximum absolute atomic E-state index is 13.4. The smallest absolute Gasteiger partial charge is 0.264 e. The van der Waals surface area contributed by atoms with Crippen molar-refractivity contribution in [1.29, 1.82) is 0 Å². The first-order valence-electron chi connectivity index (χ1n) is 8.57. The van der Waals surface area contributed by atoms with Crippen LogP contribution in [0, 0.1) is 12.7 Å². The third kappa shape index (κ3) is 3.84. The summed E-state index contributed by atoms with van der Waals surface area (Å²) < 4.78 is 15.3. The Labute approximate surface area is 161 Å². The highest BCUT2D eigenvalue weighted by Gasteiger charge is 2.51. The van der Waals surface area contributed by atoms with Gasteiger partial charge in [0, 0.05) is 43.0 Å². The van der Waals surface area contributed by atoms with Gasteiger partial charge >= 0.3 is 0 Å². The van der Waals surface area contributed by atoms with E-state index >= 15 is 0 Å². The average Bonchev–Trinajstić information content (AvgIpc) is 3.08. The number of nitrogens with one attached hydrogen (secondary N) is 1. The molecule has 6 nitrogen and oxygen atoms in total. The zero-order valence-corrected chi connectivity index (χ0v) is 15.9. The van der Waals surface area contributed by atoms with Crippen LogP contribution in [0.1, 0.15) is 23.4 Å². The average molecular weight is 394 g/mol. The SMILES string of the molecule is Cc1ccc(CN2CCC(O)(C(=O)NCc3cc(F)cc(Cl)c3)C2=O)n1C. The largest absolute Gasteiger partial charge is 0.372 e. The number of aliphatic hydroxyl groups is 1. The van der Waals surface area contributed by atoms with Gasteiger partial charge < -0.3 is 19.9 Å². The Bertz CT molecular complexity index is 878. The Morgan fingerprint density at radius 3 is 2.74 bits per heavy atom. The van der Waals surface area contributed by atoms with E-state index in [1.54, 1.807) is 0 Å². The molecule has 3 rings (SSSR count). The van der Waals surface area contributed by atoms with E-state index in [0.717, 1.165) is 17.5 Å². The molecule has 2 aromatic rings. The second-order valence-electron chi connectivity index (χ2n) is 6.82. The van der Waals surface area contributed by atoms with Crippen molar-refractivity contribution in [3.05, 3.63) is 58.1 Å². The maximum Gasteiger partial charge on any atom is 0.264 e. The molecule has 1 fully saturated rings. The zero-order chi connectivity index (χ0) is 19.8. The van der Waals surface area contributed by atoms with Gasteiger partial charge in [0.1, 0.15) is 5.82 Å². The fourth-order valence-electron chi connectivity index (χ4n) is 3.19. The minimum Gasteiger partial charge on any atom is -0.372 e. The second-order valence-corrected chi connectivity index (χ2v) is 7.26. The van der Waals surface area contributed by atoms with Gasteiger partial charge in [-0.1, -0.05) is 11.6 Å². The Balaban J connectivity index is 1.65. The first kappa shape index (κ1) is 19.4. The van der Waals surface area contributed by atoms with Gasteiger partial charge in [-0.2, -0.15) is 0 Å². The van der Waals surface area contributed by atoms with Crippen molar-refractivity contribution in [3.63, 3.8) is 0 Å². The zero-order valence-electron chi connectivity index (χ0n) is 15.1. The van der Waals surface area contributed by atoms with Crippen molar-refractivity contribution in [2.24, 2.45) is 7.05 Å². The molecule has 1 unspecified atom stereocenters. The van der Waals surface area contributed by atoms with Gasteiger partial charge in [0.25, 0.3) is 11.8 Å². The number of aryl methyl sites for hydroxylation is 1. The Morgan fingerprint density at radius 2 is 2.11 bits per heavy atom. The minimum atomic E-state index is -2.11. The molecule has 1 saturated heterocycles. The molecule has 0 saturated carbocycles. The van der Waals surface area contributed by atoms with Gasteiger partial charge in [-0.25, -0.2) is 4.39 Å². The van der Waals surface area contributed by atoms with Gasteiger partial charge in [-0.3, -0.25) is 9.59 Å². The first-order valence-corrected chi connectivity index (χ1v) is 8.95. The summed E-state index contributed by atoms with van der Waals surface area (Å²) in [5.41, 5.74) is 0.300. The fourth-order valence-corrected chi connectivity index (χ4v) is 3.44. The third-order valence-corrected chi connectivity index (χ3v) is 5.18. The van der Waals surface area contributed by atoms with Gasteiger partial charge in [0.05, 0.1) is 6.54 Å². The lowest BCUT2D eigenvalue weighted by Gasteiger charge is -2.22. The van der Waals surface area contributed by atoms with Crippen LogP contribution in [0.2, 0.25) is 5.02 Å². The first-order chi connectivity index (χ1) is 12.7. The maximum atomic E-state index is 13.4. The van der Waals surface area contributed by atoms with E-state index in [4.69, 9.17) is 11.6 Å². The molecule has 1 aliphatic rings. The summed E-state index contributed by atoms with van der Waals surface area (Å²) in [6.45, 7) is 2.51. The van der Waals surface area contributed by atoms with Gasteiger partial charge in [0.2, 0.25) is 5.60 Å². The number of amides is 2. The predicted octanol–water partition coefficient (Wildman–Crippen LogP) is 1.91. The summed E-state index contributed by atoms with van der Waals surface area (Å²) in [6.07, 6.45) is 0.00494. The summed E-state index contributed by atoms with van der Waals surface area (Å²) >= 11 is 5.79. The van der Waals surface area contributed by atoms with Gasteiger partial charge in [-0.05, 0) is 42.8 Å². The molecule has 8 heteroatoms. The molecule has 2 heterocycles. The Hall–Kier alpha value is -2.38. The topological polar surface area (TPSA) is 74.6 Å². The monoisotopic (exact) mass is 393 g/mol. The molecule has 1 aromatic heterocycles. The molecule has 0 bridgehead atoms. The predicted molar refractivity (Wildman–Crippen MR) is 98.4 cm³/mol. The summed E-state index contributed by atoms with van der Waals surface area (Å²) in [5.74, 6) is -1.94. The lowest BCUT2D eigenvalue weighted by atomic mass is 10.0. The number of benzene rings is 1. The van der Waals surface area contributed by atoms with Crippen molar-refractivity contribution in [3.8, 4) is 0 Å². The Morgan fingerprint density at radius 1 is 1.37 bits per heavy atom. The van der Waals surface area contributed by atoms with Crippen molar-refractivity contribution in [1.82, 2.24) is 14.8 Å². The van der Waals surface area contributed by atoms with Crippen LogP contribution in [0.3, 0.4) is 0 Å². The number of likely N-dealkylation sites (tertiary alicyclic amines) is 1. The van der Waals surface area contributed by atoms with Crippen molar-refractivity contribution in [2.45, 2.75) is 32.0 Å². The molecule has 0 aliphatic carbocycles. The van der Waals surface area contributed by atoms with Crippen LogP contribution in [0.15, 0.2) is 30.3 Å². The number of nitrogens with zero attached hydrogens (tertiary/aromatic N) is 2. The molecule has 2 N–H and O–H groups in total. The summed E-state index contributed by atoms with van der Waals surface area (Å²) in [7, 11) is 1.90. The number of hydrogen-bond donors (Lipinski definition) is 2. The molecule has 0 radical (unpaired) electrons. The van der Waals surface area contributed by atoms with Crippen molar-refractivity contribution >= 4 is 23.4 Å². The van der Waals surface area contributed by atoms with E-state index in [1.165, 1.54) is 17.0 Å². The van der Waals surface area contributed by atoms with Crippen LogP contribution < -0.4 is 5.32 Å². The van der Waals surface area contributed by atoms with E-state index in [2.05, 4.69) is 5.32 Å². The van der Waals surface area contributed by atoms with Crippen LogP contribution in [-0.4, -0.2) is 38.5 Å². The lowest BCUT2D eigenvalue weighted by molar-refractivity contribution is -0.154. The number of aromatic nitrogens is 1. The van der Waals surface area contributed by atoms with E-state index in [-0.39, 0.29) is 24.5 Å². The Kier molecular flexibility index (Phi) is 5.26. The highest BCUT2D eigenvalue weighted by atomic mass is 35.5. The molecule has 1 atom stereocenters. The molecule has 2 amide bonds. The highest BCUT2D eigenvalue weighted by molar-refractivity contribution is 6.30. The van der Waals surface area contributed by atoms with Crippen molar-refractivity contribution in [2.75, 3.05) is 6.54 Å². The fraction of sp³-hybridized carbons (Fsp3) is 0.368. The van der Waals surface area contributed by atoms with Crippen LogP contribution in [0.4, 0.5) is 4.39 Å².